The van der Waals surface area contributed by atoms with E-state index < -0.39 is 5.60 Å². The van der Waals surface area contributed by atoms with E-state index >= 15 is 0 Å². The van der Waals surface area contributed by atoms with Gasteiger partial charge in [0.05, 0.1) is 25.1 Å². The molecule has 166 valence electrons. The molecule has 1 fully saturated rings. The minimum Gasteiger partial charge on any atom is -0.486 e. The molecule has 4 N–H and O–H groups in total. The maximum Gasteiger partial charge on any atom is 0.222 e. The van der Waals surface area contributed by atoms with Crippen LogP contribution in [0.1, 0.15) is 30.4 Å². The molecule has 3 aromatic rings. The number of rotatable bonds is 5. The van der Waals surface area contributed by atoms with E-state index in [1.807, 2.05) is 0 Å². The number of nitrogen functional groups attached to an aromatic ring is 1. The summed E-state index contributed by atoms with van der Waals surface area (Å²) in [4.78, 5) is 8.02. The zero-order valence-corrected chi connectivity index (χ0v) is 18.3. The molecule has 0 bridgehead atoms. The predicted molar refractivity (Wildman–Crippen MR) is 119 cm³/mol. The first-order valence-electron chi connectivity index (χ1n) is 9.93. The highest BCUT2D eigenvalue weighted by Crippen LogP contribution is 2.32. The highest BCUT2D eigenvalue weighted by molar-refractivity contribution is 6.32. The molecule has 0 spiro atoms. The molecule has 9 nitrogen and oxygen atoms in total. The molecular weight excluding hydrogens is 434 g/mol. The summed E-state index contributed by atoms with van der Waals surface area (Å²) in [7, 11) is 0. The lowest BCUT2D eigenvalue weighted by molar-refractivity contribution is 0.112. The van der Waals surface area contributed by atoms with Crippen LogP contribution >= 0.6 is 11.6 Å². The fourth-order valence-corrected chi connectivity index (χ4v) is 3.18. The minimum absolute atomic E-state index is 0.0606. The first-order chi connectivity index (χ1) is 15.3. The van der Waals surface area contributed by atoms with Gasteiger partial charge < -0.3 is 30.2 Å². The van der Waals surface area contributed by atoms with Crippen LogP contribution < -0.4 is 15.8 Å². The van der Waals surface area contributed by atoms with Gasteiger partial charge in [-0.05, 0) is 32.0 Å². The average Bonchev–Trinajstić information content (AvgIpc) is 3.43. The quantitative estimate of drug-likeness (QED) is 0.496. The third kappa shape index (κ3) is 5.11. The number of ether oxygens (including phenoxy) is 2. The number of benzene rings is 1. The van der Waals surface area contributed by atoms with Crippen LogP contribution in [0.4, 0.5) is 17.5 Å². The predicted octanol–water partition coefficient (Wildman–Crippen LogP) is 3.18. The van der Waals surface area contributed by atoms with E-state index in [9.17, 15) is 5.11 Å². The fourth-order valence-electron chi connectivity index (χ4n) is 3.04. The fraction of sp³-hybridized carbons (Fsp3) is 0.318. The van der Waals surface area contributed by atoms with E-state index in [0.29, 0.717) is 52.5 Å². The van der Waals surface area contributed by atoms with Crippen LogP contribution in [0.3, 0.4) is 0 Å². The molecule has 0 radical (unpaired) electrons. The number of halogens is 1. The zero-order chi connectivity index (χ0) is 22.7. The molecule has 10 heteroatoms. The SMILES string of the molecule is Cc1cc(C(C)(O)C#Cc2ccc(O[C@H]3CCOC3)c(Nc3nc(N)ncc3Cl)c2)no1. The smallest absolute Gasteiger partial charge is 0.222 e. The minimum atomic E-state index is -1.48. The monoisotopic (exact) mass is 455 g/mol. The van der Waals surface area contributed by atoms with Crippen molar-refractivity contribution in [1.82, 2.24) is 15.1 Å². The third-order valence-electron chi connectivity index (χ3n) is 4.75. The molecule has 32 heavy (non-hydrogen) atoms. The lowest BCUT2D eigenvalue weighted by atomic mass is 10.0. The second-order valence-electron chi connectivity index (χ2n) is 7.51. The van der Waals surface area contributed by atoms with Crippen LogP contribution in [0, 0.1) is 18.8 Å². The van der Waals surface area contributed by atoms with Gasteiger partial charge in [-0.3, -0.25) is 0 Å². The average molecular weight is 456 g/mol. The number of nitrogens with zero attached hydrogens (tertiary/aromatic N) is 3. The van der Waals surface area contributed by atoms with Gasteiger partial charge in [-0.25, -0.2) is 4.98 Å². The summed E-state index contributed by atoms with van der Waals surface area (Å²) in [5.41, 5.74) is 5.77. The van der Waals surface area contributed by atoms with Crippen molar-refractivity contribution in [1.29, 1.82) is 0 Å². The molecule has 1 saturated heterocycles. The van der Waals surface area contributed by atoms with Gasteiger partial charge >= 0.3 is 0 Å². The summed E-state index contributed by atoms with van der Waals surface area (Å²) in [6, 6.07) is 7.00. The summed E-state index contributed by atoms with van der Waals surface area (Å²) < 4.78 is 16.5. The molecule has 1 unspecified atom stereocenters. The van der Waals surface area contributed by atoms with Gasteiger partial charge in [0.1, 0.15) is 28.3 Å². The van der Waals surface area contributed by atoms with Gasteiger partial charge in [0, 0.05) is 18.1 Å². The standard InChI is InChI=1S/C22H22ClN5O4/c1-13-9-19(28-32-13)22(2,29)7-5-14-3-4-18(31-15-6-8-30-12-15)17(10-14)26-20-16(23)11-25-21(24)27-20/h3-4,9-11,15,29H,6,8,12H2,1-2H3,(H3,24,25,26,27)/t15-,22?/m0/s1. The Hall–Kier alpha value is -3.32. The number of anilines is 3. The van der Waals surface area contributed by atoms with Gasteiger partial charge in [-0.1, -0.05) is 28.6 Å². The van der Waals surface area contributed by atoms with Gasteiger partial charge in [0.2, 0.25) is 5.95 Å². The molecule has 0 aliphatic carbocycles. The second kappa shape index (κ2) is 9.04. The second-order valence-corrected chi connectivity index (χ2v) is 7.92. The zero-order valence-electron chi connectivity index (χ0n) is 17.6. The first-order valence-corrected chi connectivity index (χ1v) is 10.3. The summed E-state index contributed by atoms with van der Waals surface area (Å²) in [5, 5.41) is 18.0. The Morgan fingerprint density at radius 1 is 1.38 bits per heavy atom. The van der Waals surface area contributed by atoms with E-state index in [2.05, 4.69) is 32.3 Å². The number of aliphatic hydroxyl groups is 1. The molecule has 4 rings (SSSR count). The van der Waals surface area contributed by atoms with Gasteiger partial charge in [-0.15, -0.1) is 0 Å². The Labute approximate surface area is 189 Å². The Kier molecular flexibility index (Phi) is 6.19. The molecule has 1 aromatic carbocycles. The number of hydrogen-bond donors (Lipinski definition) is 3. The summed E-state index contributed by atoms with van der Waals surface area (Å²) in [6.07, 6.45) is 2.15. The van der Waals surface area contributed by atoms with Gasteiger partial charge in [0.15, 0.2) is 11.4 Å². The lowest BCUT2D eigenvalue weighted by Crippen LogP contribution is -2.19. The molecule has 2 atom stereocenters. The Morgan fingerprint density at radius 2 is 2.22 bits per heavy atom. The maximum absolute atomic E-state index is 10.7. The summed E-state index contributed by atoms with van der Waals surface area (Å²) in [6.45, 7) is 4.47. The number of aryl methyl sites for hydroxylation is 1. The molecule has 1 aliphatic heterocycles. The van der Waals surface area contributed by atoms with Crippen molar-refractivity contribution < 1.29 is 19.1 Å². The largest absolute Gasteiger partial charge is 0.486 e. The first kappa shape index (κ1) is 21.9. The Balaban J connectivity index is 1.66. The summed E-state index contributed by atoms with van der Waals surface area (Å²) >= 11 is 6.22. The van der Waals surface area contributed by atoms with Crippen LogP contribution in [0.15, 0.2) is 35.0 Å². The third-order valence-corrected chi connectivity index (χ3v) is 5.03. The van der Waals surface area contributed by atoms with Crippen molar-refractivity contribution in [3.63, 3.8) is 0 Å². The number of nitrogens with two attached hydrogens (primary N) is 1. The molecule has 2 aromatic heterocycles. The van der Waals surface area contributed by atoms with Crippen molar-refractivity contribution in [3.8, 4) is 17.6 Å². The molecule has 0 saturated carbocycles. The topological polar surface area (TPSA) is 129 Å². The van der Waals surface area contributed by atoms with Crippen LogP contribution in [-0.4, -0.2) is 39.5 Å². The van der Waals surface area contributed by atoms with Crippen molar-refractivity contribution in [2.45, 2.75) is 32.0 Å². The van der Waals surface area contributed by atoms with Crippen LogP contribution in [0.2, 0.25) is 5.02 Å². The van der Waals surface area contributed by atoms with E-state index in [1.165, 1.54) is 6.20 Å². The van der Waals surface area contributed by atoms with Crippen molar-refractivity contribution in [2.75, 3.05) is 24.3 Å². The van der Waals surface area contributed by atoms with Crippen LogP contribution in [0.25, 0.3) is 0 Å². The molecule has 3 heterocycles. The molecular formula is C22H22ClN5O4. The number of hydrogen-bond acceptors (Lipinski definition) is 9. The van der Waals surface area contributed by atoms with Crippen LogP contribution in [0.5, 0.6) is 5.75 Å². The van der Waals surface area contributed by atoms with Gasteiger partial charge in [-0.2, -0.15) is 4.98 Å². The summed E-state index contributed by atoms with van der Waals surface area (Å²) in [5.74, 6) is 7.39. The molecule has 0 amide bonds. The molecule has 1 aliphatic rings. The Bertz CT molecular complexity index is 1180. The maximum atomic E-state index is 10.7. The lowest BCUT2D eigenvalue weighted by Gasteiger charge is -2.17. The van der Waals surface area contributed by atoms with Crippen molar-refractivity contribution >= 4 is 29.1 Å². The van der Waals surface area contributed by atoms with E-state index in [-0.39, 0.29) is 12.1 Å². The Morgan fingerprint density at radius 3 is 2.94 bits per heavy atom. The van der Waals surface area contributed by atoms with E-state index in [4.69, 9.17) is 31.3 Å². The number of nitrogens with one attached hydrogen (secondary N) is 1. The van der Waals surface area contributed by atoms with Crippen LogP contribution in [-0.2, 0) is 10.3 Å². The number of aromatic nitrogens is 3. The highest BCUT2D eigenvalue weighted by Gasteiger charge is 2.24. The van der Waals surface area contributed by atoms with Gasteiger partial charge in [0.25, 0.3) is 0 Å². The van der Waals surface area contributed by atoms with Crippen molar-refractivity contribution in [3.05, 3.63) is 52.5 Å². The van der Waals surface area contributed by atoms with Crippen molar-refractivity contribution in [2.24, 2.45) is 0 Å². The normalized spacial score (nSPS) is 17.3. The van der Waals surface area contributed by atoms with E-state index in [0.717, 1.165) is 6.42 Å². The van der Waals surface area contributed by atoms with E-state index in [1.54, 1.807) is 38.1 Å². The highest BCUT2D eigenvalue weighted by atomic mass is 35.5.